The fraction of sp³-hybridized carbons (Fsp3) is 0.292. The van der Waals surface area contributed by atoms with Gasteiger partial charge in [0.25, 0.3) is 5.91 Å². The summed E-state index contributed by atoms with van der Waals surface area (Å²) in [5.41, 5.74) is 3.16. The quantitative estimate of drug-likeness (QED) is 0.444. The third-order valence-electron chi connectivity index (χ3n) is 4.47. The highest BCUT2D eigenvalue weighted by molar-refractivity contribution is 7.17. The summed E-state index contributed by atoms with van der Waals surface area (Å²) in [6, 6.07) is 19.9. The van der Waals surface area contributed by atoms with E-state index in [1.165, 1.54) is 11.3 Å². The minimum Gasteiger partial charge on any atom is -0.495 e. The van der Waals surface area contributed by atoms with Crippen molar-refractivity contribution in [1.29, 1.82) is 0 Å². The predicted molar refractivity (Wildman–Crippen MR) is 120 cm³/mol. The van der Waals surface area contributed by atoms with E-state index in [2.05, 4.69) is 5.32 Å². The fourth-order valence-electron chi connectivity index (χ4n) is 2.97. The number of carbonyl (C=O) groups excluding carboxylic acids is 1. The summed E-state index contributed by atoms with van der Waals surface area (Å²) in [4.78, 5) is 14.4. The van der Waals surface area contributed by atoms with Gasteiger partial charge in [-0.15, -0.1) is 11.3 Å². The second-order valence-corrected chi connectivity index (χ2v) is 7.68. The van der Waals surface area contributed by atoms with E-state index in [0.717, 1.165) is 21.6 Å². The Morgan fingerprint density at radius 3 is 2.50 bits per heavy atom. The molecule has 5 nitrogen and oxygen atoms in total. The van der Waals surface area contributed by atoms with Crippen molar-refractivity contribution >= 4 is 17.2 Å². The fourth-order valence-corrected chi connectivity index (χ4v) is 4.02. The Balaban J connectivity index is 1.59. The molecule has 0 aliphatic rings. The zero-order chi connectivity index (χ0) is 21.2. The maximum Gasteiger partial charge on any atom is 0.265 e. The topological polar surface area (TPSA) is 56.8 Å². The highest BCUT2D eigenvalue weighted by Gasteiger charge is 2.17. The molecule has 0 spiro atoms. The molecule has 0 atom stereocenters. The number of rotatable bonds is 11. The molecule has 0 aliphatic carbocycles. The van der Waals surface area contributed by atoms with Crippen LogP contribution in [-0.2, 0) is 22.6 Å². The molecule has 0 saturated carbocycles. The van der Waals surface area contributed by atoms with E-state index >= 15 is 0 Å². The van der Waals surface area contributed by atoms with E-state index in [-0.39, 0.29) is 5.91 Å². The minimum atomic E-state index is -0.141. The van der Waals surface area contributed by atoms with Gasteiger partial charge in [0.15, 0.2) is 0 Å². The Labute approximate surface area is 181 Å². The molecule has 1 aromatic heterocycles. The van der Waals surface area contributed by atoms with Crippen LogP contribution in [0.25, 0.3) is 10.4 Å². The van der Waals surface area contributed by atoms with Crippen LogP contribution < -0.4 is 10.1 Å². The lowest BCUT2D eigenvalue weighted by Gasteiger charge is -2.08. The van der Waals surface area contributed by atoms with Gasteiger partial charge in [-0.2, -0.15) is 0 Å². The van der Waals surface area contributed by atoms with Gasteiger partial charge in [-0.1, -0.05) is 54.6 Å². The summed E-state index contributed by atoms with van der Waals surface area (Å²) in [6.07, 6.45) is 0. The van der Waals surface area contributed by atoms with Crippen molar-refractivity contribution in [3.8, 4) is 16.2 Å². The molecule has 3 aromatic rings. The van der Waals surface area contributed by atoms with Crippen molar-refractivity contribution in [2.75, 3.05) is 26.9 Å². The van der Waals surface area contributed by atoms with Crippen molar-refractivity contribution < 1.29 is 19.0 Å². The summed E-state index contributed by atoms with van der Waals surface area (Å²) < 4.78 is 16.3. The van der Waals surface area contributed by atoms with Crippen LogP contribution in [0.1, 0.15) is 27.7 Å². The largest absolute Gasteiger partial charge is 0.495 e. The summed E-state index contributed by atoms with van der Waals surface area (Å²) >= 11 is 1.43. The first-order chi connectivity index (χ1) is 14.7. The van der Waals surface area contributed by atoms with E-state index in [1.54, 1.807) is 7.11 Å². The number of nitrogens with one attached hydrogen (secondary N) is 1. The molecule has 0 bridgehead atoms. The van der Waals surface area contributed by atoms with Crippen LogP contribution in [0.3, 0.4) is 0 Å². The van der Waals surface area contributed by atoms with E-state index in [4.69, 9.17) is 14.2 Å². The van der Waals surface area contributed by atoms with E-state index < -0.39 is 0 Å². The minimum absolute atomic E-state index is 0.141. The highest BCUT2D eigenvalue weighted by Crippen LogP contribution is 2.36. The molecule has 3 rings (SSSR count). The Kier molecular flexibility index (Phi) is 8.44. The standard InChI is InChI=1S/C24H27NO4S/c1-3-28-12-13-29-17-19-9-7-8-18(14-19)16-25-24(26)23-21(27-2)15-22(30-23)20-10-5-4-6-11-20/h4-11,14-15H,3,12-13,16-17H2,1-2H3,(H,25,26). The molecule has 1 N–H and O–H groups in total. The molecule has 0 fully saturated rings. The molecular formula is C24H27NO4S. The number of thiophene rings is 1. The number of hydrogen-bond donors (Lipinski definition) is 1. The van der Waals surface area contributed by atoms with Crippen LogP contribution in [0.2, 0.25) is 0 Å². The monoisotopic (exact) mass is 425 g/mol. The molecule has 6 heteroatoms. The van der Waals surface area contributed by atoms with Crippen LogP contribution in [0.15, 0.2) is 60.7 Å². The molecule has 2 aromatic carbocycles. The number of hydrogen-bond acceptors (Lipinski definition) is 5. The molecule has 0 saturated heterocycles. The van der Waals surface area contributed by atoms with Gasteiger partial charge in [0.05, 0.1) is 26.9 Å². The average molecular weight is 426 g/mol. The summed E-state index contributed by atoms with van der Waals surface area (Å²) in [6.45, 7) is 4.78. The first-order valence-corrected chi connectivity index (χ1v) is 10.8. The van der Waals surface area contributed by atoms with Crippen molar-refractivity contribution in [2.24, 2.45) is 0 Å². The lowest BCUT2D eigenvalue weighted by atomic mass is 10.1. The molecule has 0 aliphatic heterocycles. The summed E-state index contributed by atoms with van der Waals surface area (Å²) in [5, 5.41) is 3.00. The van der Waals surface area contributed by atoms with E-state index in [1.807, 2.05) is 67.6 Å². The van der Waals surface area contributed by atoms with Gasteiger partial charge in [-0.25, -0.2) is 0 Å². The molecule has 1 amide bonds. The molecule has 30 heavy (non-hydrogen) atoms. The van der Waals surface area contributed by atoms with E-state index in [0.29, 0.717) is 43.6 Å². The van der Waals surface area contributed by atoms with Crippen molar-refractivity contribution in [2.45, 2.75) is 20.1 Å². The molecular weight excluding hydrogens is 398 g/mol. The van der Waals surface area contributed by atoms with Gasteiger partial charge in [0.1, 0.15) is 10.6 Å². The number of benzene rings is 2. The number of amides is 1. The zero-order valence-electron chi connectivity index (χ0n) is 17.4. The SMILES string of the molecule is CCOCCOCc1cccc(CNC(=O)c2sc(-c3ccccc3)cc2OC)c1. The van der Waals surface area contributed by atoms with Crippen molar-refractivity contribution in [3.63, 3.8) is 0 Å². The average Bonchev–Trinajstić information content (AvgIpc) is 3.23. The molecule has 0 radical (unpaired) electrons. The third-order valence-corrected chi connectivity index (χ3v) is 5.64. The lowest BCUT2D eigenvalue weighted by Crippen LogP contribution is -2.22. The Morgan fingerprint density at radius 1 is 0.967 bits per heavy atom. The van der Waals surface area contributed by atoms with Gasteiger partial charge < -0.3 is 19.5 Å². The maximum absolute atomic E-state index is 12.8. The maximum atomic E-state index is 12.8. The zero-order valence-corrected chi connectivity index (χ0v) is 18.2. The van der Waals surface area contributed by atoms with Gasteiger partial charge in [0.2, 0.25) is 0 Å². The van der Waals surface area contributed by atoms with Gasteiger partial charge in [-0.05, 0) is 29.7 Å². The van der Waals surface area contributed by atoms with Gasteiger partial charge >= 0.3 is 0 Å². The normalized spacial score (nSPS) is 10.7. The Morgan fingerprint density at radius 2 is 1.73 bits per heavy atom. The first-order valence-electron chi connectivity index (χ1n) is 9.96. The Hall–Kier alpha value is -2.67. The van der Waals surface area contributed by atoms with Crippen LogP contribution in [0.4, 0.5) is 0 Å². The van der Waals surface area contributed by atoms with Crippen LogP contribution in [0.5, 0.6) is 5.75 Å². The predicted octanol–water partition coefficient (Wildman–Crippen LogP) is 4.91. The second kappa shape index (κ2) is 11.5. The van der Waals surface area contributed by atoms with Crippen molar-refractivity contribution in [1.82, 2.24) is 5.32 Å². The Bertz CT molecular complexity index is 939. The second-order valence-electron chi connectivity index (χ2n) is 6.63. The van der Waals surface area contributed by atoms with Gasteiger partial charge in [0, 0.05) is 18.0 Å². The van der Waals surface area contributed by atoms with Crippen LogP contribution in [-0.4, -0.2) is 32.8 Å². The highest BCUT2D eigenvalue weighted by atomic mass is 32.1. The van der Waals surface area contributed by atoms with Crippen LogP contribution in [0, 0.1) is 0 Å². The summed E-state index contributed by atoms with van der Waals surface area (Å²) in [5.74, 6) is 0.449. The summed E-state index contributed by atoms with van der Waals surface area (Å²) in [7, 11) is 1.59. The van der Waals surface area contributed by atoms with E-state index in [9.17, 15) is 4.79 Å². The third kappa shape index (κ3) is 6.16. The number of methoxy groups -OCH3 is 1. The van der Waals surface area contributed by atoms with Gasteiger partial charge in [-0.3, -0.25) is 4.79 Å². The molecule has 158 valence electrons. The first kappa shape index (κ1) is 22.0. The van der Waals surface area contributed by atoms with Crippen LogP contribution >= 0.6 is 11.3 Å². The number of carbonyl (C=O) groups is 1. The number of ether oxygens (including phenoxy) is 3. The smallest absolute Gasteiger partial charge is 0.265 e. The molecule has 1 heterocycles. The van der Waals surface area contributed by atoms with Crippen molar-refractivity contribution in [3.05, 3.63) is 76.7 Å². The lowest BCUT2D eigenvalue weighted by molar-refractivity contribution is 0.0453. The molecule has 0 unspecified atom stereocenters.